The van der Waals surface area contributed by atoms with Crippen molar-refractivity contribution in [3.8, 4) is 0 Å². The van der Waals surface area contributed by atoms with Gasteiger partial charge in [0.15, 0.2) is 0 Å². The van der Waals surface area contributed by atoms with E-state index in [2.05, 4.69) is 13.8 Å². The summed E-state index contributed by atoms with van der Waals surface area (Å²) in [5.74, 6) is -0.195. The summed E-state index contributed by atoms with van der Waals surface area (Å²) in [5.41, 5.74) is 6.78. The summed E-state index contributed by atoms with van der Waals surface area (Å²) in [6.45, 7) is 4.86. The first-order chi connectivity index (χ1) is 6.63. The number of rotatable bonds is 4. The highest BCUT2D eigenvalue weighted by atomic mass is 32.2. The standard InChI is InChI=1S/C11H16FNS/c1-8(2)14-11(7-13)9-3-5-10(12)6-4-9/h3-6,8,11H,7,13H2,1-2H3. The van der Waals surface area contributed by atoms with E-state index in [1.165, 1.54) is 12.1 Å². The molecule has 0 aliphatic carbocycles. The summed E-state index contributed by atoms with van der Waals surface area (Å²) in [4.78, 5) is 0. The van der Waals surface area contributed by atoms with Crippen LogP contribution in [0.5, 0.6) is 0 Å². The molecule has 2 N–H and O–H groups in total. The average molecular weight is 213 g/mol. The molecule has 1 aromatic rings. The van der Waals surface area contributed by atoms with Crippen LogP contribution in [0.15, 0.2) is 24.3 Å². The molecule has 3 heteroatoms. The Balaban J connectivity index is 2.73. The van der Waals surface area contributed by atoms with E-state index in [1.807, 2.05) is 23.9 Å². The smallest absolute Gasteiger partial charge is 0.123 e. The molecule has 0 amide bonds. The Morgan fingerprint density at radius 3 is 2.29 bits per heavy atom. The van der Waals surface area contributed by atoms with E-state index in [0.717, 1.165) is 5.56 Å². The van der Waals surface area contributed by atoms with Gasteiger partial charge in [-0.1, -0.05) is 26.0 Å². The van der Waals surface area contributed by atoms with Crippen LogP contribution in [0.25, 0.3) is 0 Å². The Morgan fingerprint density at radius 1 is 1.29 bits per heavy atom. The van der Waals surface area contributed by atoms with Gasteiger partial charge in [-0.05, 0) is 22.9 Å². The second-order valence-electron chi connectivity index (χ2n) is 3.46. The van der Waals surface area contributed by atoms with Crippen molar-refractivity contribution >= 4 is 11.8 Å². The molecule has 1 rings (SSSR count). The molecule has 0 spiro atoms. The Bertz CT molecular complexity index is 271. The fourth-order valence-corrected chi connectivity index (χ4v) is 2.36. The van der Waals surface area contributed by atoms with Crippen molar-refractivity contribution in [2.45, 2.75) is 24.3 Å². The molecule has 0 aromatic heterocycles. The predicted molar refractivity (Wildman–Crippen MR) is 60.9 cm³/mol. The Hall–Kier alpha value is -0.540. The van der Waals surface area contributed by atoms with Gasteiger partial charge in [0.05, 0.1) is 0 Å². The van der Waals surface area contributed by atoms with E-state index in [0.29, 0.717) is 11.8 Å². The maximum Gasteiger partial charge on any atom is 0.123 e. The minimum Gasteiger partial charge on any atom is -0.329 e. The van der Waals surface area contributed by atoms with Crippen molar-refractivity contribution in [2.75, 3.05) is 6.54 Å². The van der Waals surface area contributed by atoms with Gasteiger partial charge in [0.25, 0.3) is 0 Å². The molecule has 14 heavy (non-hydrogen) atoms. The molecule has 1 unspecified atom stereocenters. The lowest BCUT2D eigenvalue weighted by atomic mass is 10.1. The average Bonchev–Trinajstić information content (AvgIpc) is 2.15. The van der Waals surface area contributed by atoms with Crippen molar-refractivity contribution in [3.63, 3.8) is 0 Å². The fourth-order valence-electron chi connectivity index (χ4n) is 1.28. The molecule has 1 nitrogen and oxygen atoms in total. The number of nitrogens with two attached hydrogens (primary N) is 1. The first-order valence-electron chi connectivity index (χ1n) is 4.74. The molecular weight excluding hydrogens is 197 g/mol. The highest BCUT2D eigenvalue weighted by molar-refractivity contribution is 8.00. The predicted octanol–water partition coefficient (Wildman–Crippen LogP) is 2.97. The lowest BCUT2D eigenvalue weighted by Gasteiger charge is -2.17. The van der Waals surface area contributed by atoms with Crippen LogP contribution in [-0.2, 0) is 0 Å². The number of hydrogen-bond acceptors (Lipinski definition) is 2. The van der Waals surface area contributed by atoms with Gasteiger partial charge in [-0.15, -0.1) is 11.8 Å². The van der Waals surface area contributed by atoms with Crippen molar-refractivity contribution < 1.29 is 4.39 Å². The second kappa shape index (κ2) is 5.37. The van der Waals surface area contributed by atoms with E-state index < -0.39 is 0 Å². The summed E-state index contributed by atoms with van der Waals surface area (Å²) in [6.07, 6.45) is 0. The van der Waals surface area contributed by atoms with Crippen LogP contribution in [0.4, 0.5) is 4.39 Å². The van der Waals surface area contributed by atoms with Crippen molar-refractivity contribution in [3.05, 3.63) is 35.6 Å². The van der Waals surface area contributed by atoms with Gasteiger partial charge in [-0.2, -0.15) is 0 Å². The van der Waals surface area contributed by atoms with Gasteiger partial charge in [0.1, 0.15) is 5.82 Å². The SMILES string of the molecule is CC(C)SC(CN)c1ccc(F)cc1. The van der Waals surface area contributed by atoms with Gasteiger partial charge in [0, 0.05) is 11.8 Å². The zero-order valence-electron chi connectivity index (χ0n) is 8.53. The Labute approximate surface area is 88.9 Å². The minimum absolute atomic E-state index is 0.195. The van der Waals surface area contributed by atoms with E-state index in [9.17, 15) is 4.39 Å². The number of hydrogen-bond donors (Lipinski definition) is 1. The topological polar surface area (TPSA) is 26.0 Å². The minimum atomic E-state index is -0.195. The second-order valence-corrected chi connectivity index (χ2v) is 5.24. The Kier molecular flexibility index (Phi) is 4.42. The maximum atomic E-state index is 12.7. The lowest BCUT2D eigenvalue weighted by Crippen LogP contribution is -2.11. The van der Waals surface area contributed by atoms with Crippen molar-refractivity contribution in [1.82, 2.24) is 0 Å². The van der Waals surface area contributed by atoms with Gasteiger partial charge < -0.3 is 5.73 Å². The van der Waals surface area contributed by atoms with Crippen LogP contribution in [0, 0.1) is 5.82 Å². The first kappa shape index (κ1) is 11.5. The summed E-state index contributed by atoms with van der Waals surface area (Å²) in [5, 5.41) is 0.809. The number of thioether (sulfide) groups is 1. The summed E-state index contributed by atoms with van der Waals surface area (Å²) < 4.78 is 12.7. The fraction of sp³-hybridized carbons (Fsp3) is 0.455. The van der Waals surface area contributed by atoms with Crippen LogP contribution in [0.2, 0.25) is 0 Å². The van der Waals surface area contributed by atoms with Crippen molar-refractivity contribution in [2.24, 2.45) is 5.73 Å². The number of halogens is 1. The largest absolute Gasteiger partial charge is 0.329 e. The molecule has 0 bridgehead atoms. The normalized spacial score (nSPS) is 13.2. The molecule has 1 aromatic carbocycles. The van der Waals surface area contributed by atoms with Gasteiger partial charge in [-0.25, -0.2) is 4.39 Å². The summed E-state index contributed by atoms with van der Waals surface area (Å²) >= 11 is 1.81. The Morgan fingerprint density at radius 2 is 1.86 bits per heavy atom. The van der Waals surface area contributed by atoms with E-state index >= 15 is 0 Å². The zero-order valence-corrected chi connectivity index (χ0v) is 9.35. The highest BCUT2D eigenvalue weighted by Gasteiger charge is 2.11. The van der Waals surface area contributed by atoms with Crippen molar-refractivity contribution in [1.29, 1.82) is 0 Å². The molecule has 0 saturated heterocycles. The molecule has 0 aliphatic rings. The van der Waals surface area contributed by atoms with E-state index in [4.69, 9.17) is 5.73 Å². The molecule has 0 fully saturated rings. The van der Waals surface area contributed by atoms with Gasteiger partial charge in [0.2, 0.25) is 0 Å². The molecule has 0 saturated carbocycles. The quantitative estimate of drug-likeness (QED) is 0.832. The molecule has 78 valence electrons. The third-order valence-corrected chi connectivity index (χ3v) is 3.23. The lowest BCUT2D eigenvalue weighted by molar-refractivity contribution is 0.627. The molecular formula is C11H16FNS. The third-order valence-electron chi connectivity index (χ3n) is 1.89. The van der Waals surface area contributed by atoms with Crippen LogP contribution in [-0.4, -0.2) is 11.8 Å². The van der Waals surface area contributed by atoms with Gasteiger partial charge >= 0.3 is 0 Å². The maximum absolute atomic E-state index is 12.7. The van der Waals surface area contributed by atoms with Crippen LogP contribution >= 0.6 is 11.8 Å². The molecule has 1 atom stereocenters. The molecule has 0 aliphatic heterocycles. The van der Waals surface area contributed by atoms with Crippen LogP contribution < -0.4 is 5.73 Å². The van der Waals surface area contributed by atoms with Gasteiger partial charge in [-0.3, -0.25) is 0 Å². The highest BCUT2D eigenvalue weighted by Crippen LogP contribution is 2.30. The monoisotopic (exact) mass is 213 g/mol. The zero-order chi connectivity index (χ0) is 10.6. The summed E-state index contributed by atoms with van der Waals surface area (Å²) in [6, 6.07) is 6.59. The van der Waals surface area contributed by atoms with Crippen LogP contribution in [0.1, 0.15) is 24.7 Å². The summed E-state index contributed by atoms with van der Waals surface area (Å²) in [7, 11) is 0. The van der Waals surface area contributed by atoms with Crippen LogP contribution in [0.3, 0.4) is 0 Å². The molecule has 0 radical (unpaired) electrons. The molecule has 0 heterocycles. The third kappa shape index (κ3) is 3.31. The first-order valence-corrected chi connectivity index (χ1v) is 5.68. The van der Waals surface area contributed by atoms with E-state index in [1.54, 1.807) is 0 Å². The number of benzene rings is 1. The van der Waals surface area contributed by atoms with E-state index in [-0.39, 0.29) is 11.1 Å².